The minimum Gasteiger partial charge on any atom is -0.381 e. The first-order valence-electron chi connectivity index (χ1n) is 7.23. The molecule has 1 aliphatic rings. The van der Waals surface area contributed by atoms with E-state index in [1.165, 1.54) is 0 Å². The van der Waals surface area contributed by atoms with Crippen molar-refractivity contribution in [1.82, 2.24) is 9.97 Å². The van der Waals surface area contributed by atoms with Crippen molar-refractivity contribution in [2.24, 2.45) is 11.8 Å². The second kappa shape index (κ2) is 6.85. The van der Waals surface area contributed by atoms with Crippen molar-refractivity contribution in [2.45, 2.75) is 32.6 Å². The van der Waals surface area contributed by atoms with Crippen LogP contribution in [0, 0.1) is 5.92 Å². The van der Waals surface area contributed by atoms with Gasteiger partial charge in [-0.15, -0.1) is 0 Å². The first-order chi connectivity index (χ1) is 9.63. The lowest BCUT2D eigenvalue weighted by Crippen LogP contribution is -2.31. The standard InChI is InChI=1S/C14H25N5O/c1-10(2)12-13(18-15)16-9-17-14(12)19(3)8-11-4-6-20-7-5-11/h9-11H,4-8,15H2,1-3H3,(H,16,17,18). The summed E-state index contributed by atoms with van der Waals surface area (Å²) in [7, 11) is 2.09. The molecule has 1 aromatic rings. The van der Waals surface area contributed by atoms with Crippen LogP contribution < -0.4 is 16.2 Å². The van der Waals surface area contributed by atoms with Crippen LogP contribution in [0.3, 0.4) is 0 Å². The zero-order chi connectivity index (χ0) is 14.5. The van der Waals surface area contributed by atoms with Gasteiger partial charge in [0.1, 0.15) is 18.0 Å². The third kappa shape index (κ3) is 3.37. The summed E-state index contributed by atoms with van der Waals surface area (Å²) in [6.45, 7) is 6.99. The van der Waals surface area contributed by atoms with Gasteiger partial charge in [0.05, 0.1) is 0 Å². The highest BCUT2D eigenvalue weighted by atomic mass is 16.5. The molecule has 0 amide bonds. The van der Waals surface area contributed by atoms with Crippen molar-refractivity contribution in [3.05, 3.63) is 11.9 Å². The van der Waals surface area contributed by atoms with Gasteiger partial charge in [-0.3, -0.25) is 0 Å². The molecule has 2 rings (SSSR count). The van der Waals surface area contributed by atoms with E-state index in [9.17, 15) is 0 Å². The van der Waals surface area contributed by atoms with Crippen molar-refractivity contribution in [3.63, 3.8) is 0 Å². The lowest BCUT2D eigenvalue weighted by Gasteiger charge is -2.29. The van der Waals surface area contributed by atoms with Crippen molar-refractivity contribution >= 4 is 11.6 Å². The van der Waals surface area contributed by atoms with E-state index in [4.69, 9.17) is 10.6 Å². The summed E-state index contributed by atoms with van der Waals surface area (Å²) >= 11 is 0. The minimum absolute atomic E-state index is 0.314. The van der Waals surface area contributed by atoms with Gasteiger partial charge < -0.3 is 15.1 Å². The van der Waals surface area contributed by atoms with E-state index in [0.717, 1.165) is 44.0 Å². The van der Waals surface area contributed by atoms with E-state index < -0.39 is 0 Å². The number of hydrogen-bond donors (Lipinski definition) is 2. The smallest absolute Gasteiger partial charge is 0.148 e. The first kappa shape index (κ1) is 15.0. The number of hydrazine groups is 1. The van der Waals surface area contributed by atoms with Gasteiger partial charge in [-0.1, -0.05) is 13.8 Å². The molecular weight excluding hydrogens is 254 g/mol. The van der Waals surface area contributed by atoms with E-state index in [1.807, 2.05) is 0 Å². The molecule has 1 aromatic heterocycles. The van der Waals surface area contributed by atoms with Crippen molar-refractivity contribution in [1.29, 1.82) is 0 Å². The molecule has 1 fully saturated rings. The van der Waals surface area contributed by atoms with Crippen LogP contribution in [-0.4, -0.2) is 36.8 Å². The molecule has 6 heteroatoms. The number of rotatable bonds is 5. The van der Waals surface area contributed by atoms with E-state index in [2.05, 4.69) is 41.2 Å². The largest absolute Gasteiger partial charge is 0.381 e. The van der Waals surface area contributed by atoms with Gasteiger partial charge in [0.25, 0.3) is 0 Å². The van der Waals surface area contributed by atoms with Crippen LogP contribution in [0.25, 0.3) is 0 Å². The highest BCUT2D eigenvalue weighted by Crippen LogP contribution is 2.30. The van der Waals surface area contributed by atoms with Gasteiger partial charge >= 0.3 is 0 Å². The molecule has 0 atom stereocenters. The Morgan fingerprint density at radius 1 is 1.40 bits per heavy atom. The molecule has 0 radical (unpaired) electrons. The number of anilines is 2. The normalized spacial score (nSPS) is 16.4. The van der Waals surface area contributed by atoms with E-state index in [1.54, 1.807) is 6.33 Å². The highest BCUT2D eigenvalue weighted by molar-refractivity contribution is 5.59. The fraction of sp³-hybridized carbons (Fsp3) is 0.714. The molecule has 0 aliphatic carbocycles. The molecular formula is C14H25N5O. The Labute approximate surface area is 120 Å². The lowest BCUT2D eigenvalue weighted by molar-refractivity contribution is 0.0685. The number of ether oxygens (including phenoxy) is 1. The molecule has 0 saturated carbocycles. The number of nitrogen functional groups attached to an aromatic ring is 1. The summed E-state index contributed by atoms with van der Waals surface area (Å²) in [6, 6.07) is 0. The van der Waals surface area contributed by atoms with Crippen LogP contribution >= 0.6 is 0 Å². The molecule has 3 N–H and O–H groups in total. The van der Waals surface area contributed by atoms with Crippen LogP contribution in [-0.2, 0) is 4.74 Å². The Morgan fingerprint density at radius 3 is 2.70 bits per heavy atom. The molecule has 6 nitrogen and oxygen atoms in total. The maximum atomic E-state index is 5.57. The second-order valence-corrected chi connectivity index (χ2v) is 5.69. The average Bonchev–Trinajstić information content (AvgIpc) is 2.47. The summed E-state index contributed by atoms with van der Waals surface area (Å²) in [5.74, 6) is 8.22. The summed E-state index contributed by atoms with van der Waals surface area (Å²) < 4.78 is 5.41. The lowest BCUT2D eigenvalue weighted by atomic mass is 9.99. The topological polar surface area (TPSA) is 76.3 Å². The van der Waals surface area contributed by atoms with Crippen LogP contribution in [0.1, 0.15) is 38.2 Å². The summed E-state index contributed by atoms with van der Waals surface area (Å²) in [5, 5.41) is 0. The SMILES string of the molecule is CC(C)c1c(NN)ncnc1N(C)CC1CCOCC1. The molecule has 112 valence electrons. The van der Waals surface area contributed by atoms with Crippen LogP contribution in [0.2, 0.25) is 0 Å². The Hall–Kier alpha value is -1.40. The molecule has 1 saturated heterocycles. The Morgan fingerprint density at radius 2 is 2.10 bits per heavy atom. The van der Waals surface area contributed by atoms with Crippen LogP contribution in [0.15, 0.2) is 6.33 Å². The summed E-state index contributed by atoms with van der Waals surface area (Å²) in [5.41, 5.74) is 3.75. The van der Waals surface area contributed by atoms with E-state index in [-0.39, 0.29) is 0 Å². The Kier molecular flexibility index (Phi) is 5.14. The first-order valence-corrected chi connectivity index (χ1v) is 7.23. The predicted octanol–water partition coefficient (Wildman–Crippen LogP) is 1.75. The summed E-state index contributed by atoms with van der Waals surface area (Å²) in [6.07, 6.45) is 3.81. The quantitative estimate of drug-likeness (QED) is 0.631. The van der Waals surface area contributed by atoms with Gasteiger partial charge in [-0.05, 0) is 24.7 Å². The molecule has 20 heavy (non-hydrogen) atoms. The zero-order valence-corrected chi connectivity index (χ0v) is 12.6. The van der Waals surface area contributed by atoms with Crippen molar-refractivity contribution < 1.29 is 4.74 Å². The van der Waals surface area contributed by atoms with E-state index in [0.29, 0.717) is 17.7 Å². The van der Waals surface area contributed by atoms with Gasteiger partial charge in [0, 0.05) is 32.4 Å². The predicted molar refractivity (Wildman–Crippen MR) is 80.7 cm³/mol. The minimum atomic E-state index is 0.314. The highest BCUT2D eigenvalue weighted by Gasteiger charge is 2.21. The summed E-state index contributed by atoms with van der Waals surface area (Å²) in [4.78, 5) is 10.9. The number of hydrogen-bond acceptors (Lipinski definition) is 6. The maximum absolute atomic E-state index is 5.57. The van der Waals surface area contributed by atoms with Crippen molar-refractivity contribution in [3.8, 4) is 0 Å². The number of nitrogens with zero attached hydrogens (tertiary/aromatic N) is 3. The molecule has 2 heterocycles. The molecule has 0 spiro atoms. The second-order valence-electron chi connectivity index (χ2n) is 5.69. The fourth-order valence-corrected chi connectivity index (χ4v) is 2.74. The van der Waals surface area contributed by atoms with Gasteiger partial charge in [0.2, 0.25) is 0 Å². The third-order valence-electron chi connectivity index (χ3n) is 3.81. The molecule has 1 aliphatic heterocycles. The Bertz CT molecular complexity index is 432. The van der Waals surface area contributed by atoms with Crippen LogP contribution in [0.5, 0.6) is 0 Å². The molecule has 0 aromatic carbocycles. The molecule has 0 bridgehead atoms. The van der Waals surface area contributed by atoms with Crippen molar-refractivity contribution in [2.75, 3.05) is 37.1 Å². The molecule has 0 unspecified atom stereocenters. The fourth-order valence-electron chi connectivity index (χ4n) is 2.74. The number of nitrogens with one attached hydrogen (secondary N) is 1. The van der Waals surface area contributed by atoms with Gasteiger partial charge in [-0.25, -0.2) is 15.8 Å². The van der Waals surface area contributed by atoms with Crippen LogP contribution in [0.4, 0.5) is 11.6 Å². The van der Waals surface area contributed by atoms with Gasteiger partial charge in [0.15, 0.2) is 0 Å². The maximum Gasteiger partial charge on any atom is 0.148 e. The number of aromatic nitrogens is 2. The average molecular weight is 279 g/mol. The number of nitrogens with two attached hydrogens (primary N) is 1. The Balaban J connectivity index is 2.17. The third-order valence-corrected chi connectivity index (χ3v) is 3.81. The van der Waals surface area contributed by atoms with E-state index >= 15 is 0 Å². The van der Waals surface area contributed by atoms with Gasteiger partial charge in [-0.2, -0.15) is 0 Å². The monoisotopic (exact) mass is 279 g/mol. The zero-order valence-electron chi connectivity index (χ0n) is 12.6.